The molecule has 0 bridgehead atoms. The molecule has 0 spiro atoms. The fourth-order valence-corrected chi connectivity index (χ4v) is 5.51. The Morgan fingerprint density at radius 1 is 1.09 bits per heavy atom. The highest BCUT2D eigenvalue weighted by atomic mass is 32.2. The van der Waals surface area contributed by atoms with Gasteiger partial charge in [0.2, 0.25) is 5.91 Å². The predicted molar refractivity (Wildman–Crippen MR) is 128 cm³/mol. The van der Waals surface area contributed by atoms with Crippen molar-refractivity contribution in [3.05, 3.63) is 65.7 Å². The van der Waals surface area contributed by atoms with E-state index in [-0.39, 0.29) is 11.7 Å². The Hall–Kier alpha value is -2.91. The summed E-state index contributed by atoms with van der Waals surface area (Å²) >= 11 is 3.04. The van der Waals surface area contributed by atoms with Crippen molar-refractivity contribution in [3.8, 4) is 10.7 Å². The van der Waals surface area contributed by atoms with Crippen molar-refractivity contribution >= 4 is 34.8 Å². The van der Waals surface area contributed by atoms with Crippen LogP contribution in [0.5, 0.6) is 0 Å². The molecular formula is C23H24N6OS2. The zero-order chi connectivity index (χ0) is 21.8. The molecule has 4 aromatic rings. The van der Waals surface area contributed by atoms with Crippen molar-refractivity contribution < 1.29 is 4.79 Å². The zero-order valence-electron chi connectivity index (χ0n) is 17.6. The first-order chi connectivity index (χ1) is 15.8. The van der Waals surface area contributed by atoms with Gasteiger partial charge >= 0.3 is 0 Å². The van der Waals surface area contributed by atoms with Gasteiger partial charge in [0.05, 0.1) is 29.4 Å². The van der Waals surface area contributed by atoms with Crippen molar-refractivity contribution in [2.45, 2.75) is 43.4 Å². The third kappa shape index (κ3) is 4.63. The number of carbonyl (C=O) groups is 1. The van der Waals surface area contributed by atoms with E-state index in [1.54, 1.807) is 17.5 Å². The summed E-state index contributed by atoms with van der Waals surface area (Å²) < 4.78 is 4.05. The summed E-state index contributed by atoms with van der Waals surface area (Å²) in [5.74, 6) is 1.79. The van der Waals surface area contributed by atoms with Crippen LogP contribution in [0.3, 0.4) is 0 Å². The number of thioether (sulfide) groups is 1. The number of rotatable bonds is 8. The molecule has 0 atom stereocenters. The van der Waals surface area contributed by atoms with E-state index in [1.165, 1.54) is 24.6 Å². The maximum Gasteiger partial charge on any atom is 0.235 e. The number of nitrogens with zero attached hydrogens (tertiary/aromatic N) is 5. The molecule has 1 fully saturated rings. The normalized spacial score (nSPS) is 14.1. The molecule has 32 heavy (non-hydrogen) atoms. The Morgan fingerprint density at radius 2 is 1.94 bits per heavy atom. The first-order valence-corrected chi connectivity index (χ1v) is 12.6. The topological polar surface area (TPSA) is 77.6 Å². The molecule has 1 amide bonds. The van der Waals surface area contributed by atoms with E-state index in [2.05, 4.69) is 37.3 Å². The molecule has 0 radical (unpaired) electrons. The maximum absolute atomic E-state index is 12.7. The van der Waals surface area contributed by atoms with Crippen LogP contribution in [-0.2, 0) is 11.3 Å². The van der Waals surface area contributed by atoms with Crippen molar-refractivity contribution in [2.24, 2.45) is 0 Å². The molecule has 7 nitrogen and oxygen atoms in total. The number of amides is 1. The highest BCUT2D eigenvalue weighted by molar-refractivity contribution is 7.99. The molecular weight excluding hydrogens is 440 g/mol. The van der Waals surface area contributed by atoms with Gasteiger partial charge in [0.25, 0.3) is 0 Å². The lowest BCUT2D eigenvalue weighted by atomic mass is 10.2. The molecule has 1 aliphatic carbocycles. The van der Waals surface area contributed by atoms with Crippen molar-refractivity contribution in [1.29, 1.82) is 0 Å². The molecule has 3 aromatic heterocycles. The third-order valence-corrected chi connectivity index (χ3v) is 7.42. The van der Waals surface area contributed by atoms with Crippen molar-refractivity contribution in [3.63, 3.8) is 0 Å². The first kappa shape index (κ1) is 21.0. The van der Waals surface area contributed by atoms with Crippen LogP contribution in [0.15, 0.2) is 65.3 Å². The molecule has 1 N–H and O–H groups in total. The largest absolute Gasteiger partial charge is 0.310 e. The van der Waals surface area contributed by atoms with Crippen LogP contribution in [0.4, 0.5) is 5.82 Å². The molecule has 164 valence electrons. The van der Waals surface area contributed by atoms with Crippen LogP contribution >= 0.6 is 23.1 Å². The summed E-state index contributed by atoms with van der Waals surface area (Å²) in [6.45, 7) is 0.652. The SMILES string of the molecule is O=C(CSc1nnc(-c2cccs2)n1Cc1ccccc1)Nc1ccnn1C1CCCC1. The number of anilines is 1. The monoisotopic (exact) mass is 464 g/mol. The second-order valence-corrected chi connectivity index (χ2v) is 9.68. The van der Waals surface area contributed by atoms with Crippen LogP contribution < -0.4 is 5.32 Å². The Kier molecular flexibility index (Phi) is 6.36. The number of hydrogen-bond donors (Lipinski definition) is 1. The second-order valence-electron chi connectivity index (χ2n) is 7.79. The Balaban J connectivity index is 1.30. The summed E-state index contributed by atoms with van der Waals surface area (Å²) in [4.78, 5) is 13.8. The summed E-state index contributed by atoms with van der Waals surface area (Å²) in [6.07, 6.45) is 6.43. The number of benzene rings is 1. The third-order valence-electron chi connectivity index (χ3n) is 5.58. The van der Waals surface area contributed by atoms with Gasteiger partial charge in [-0.3, -0.25) is 9.36 Å². The minimum atomic E-state index is -0.0679. The molecule has 1 aliphatic rings. The van der Waals surface area contributed by atoms with E-state index in [1.807, 2.05) is 46.5 Å². The van der Waals surface area contributed by atoms with Gasteiger partial charge in [-0.15, -0.1) is 21.5 Å². The fraction of sp³-hybridized carbons (Fsp3) is 0.304. The van der Waals surface area contributed by atoms with Crippen LogP contribution in [0, 0.1) is 0 Å². The van der Waals surface area contributed by atoms with Gasteiger partial charge in [-0.1, -0.05) is 61.0 Å². The van der Waals surface area contributed by atoms with Crippen molar-refractivity contribution in [2.75, 3.05) is 11.1 Å². The van der Waals surface area contributed by atoms with E-state index in [0.717, 1.165) is 40.1 Å². The molecule has 1 aromatic carbocycles. The van der Waals surface area contributed by atoms with Crippen LogP contribution in [-0.4, -0.2) is 36.2 Å². The van der Waals surface area contributed by atoms with Gasteiger partial charge in [-0.05, 0) is 29.9 Å². The summed E-state index contributed by atoms with van der Waals surface area (Å²) in [5, 5.41) is 19.1. The number of hydrogen-bond acceptors (Lipinski definition) is 6. The lowest BCUT2D eigenvalue weighted by Crippen LogP contribution is -2.19. The average Bonchev–Trinajstić information content (AvgIpc) is 3.60. The summed E-state index contributed by atoms with van der Waals surface area (Å²) in [5.41, 5.74) is 1.16. The van der Waals surface area contributed by atoms with Gasteiger partial charge in [-0.2, -0.15) is 5.10 Å². The van der Waals surface area contributed by atoms with Gasteiger partial charge in [0.1, 0.15) is 5.82 Å². The van der Waals surface area contributed by atoms with E-state index < -0.39 is 0 Å². The standard InChI is InChI=1S/C23H24N6OS2/c30-21(25-20-12-13-24-29(20)18-9-4-5-10-18)16-32-23-27-26-22(19-11-6-14-31-19)28(23)15-17-7-2-1-3-8-17/h1-3,6-8,11-14,18H,4-5,9-10,15-16H2,(H,25,30). The minimum absolute atomic E-state index is 0.0679. The van der Waals surface area contributed by atoms with Gasteiger partial charge in [-0.25, -0.2) is 4.68 Å². The number of nitrogens with one attached hydrogen (secondary N) is 1. The summed E-state index contributed by atoms with van der Waals surface area (Å²) in [7, 11) is 0. The molecule has 3 heterocycles. The highest BCUT2D eigenvalue weighted by Gasteiger charge is 2.21. The van der Waals surface area contributed by atoms with Crippen molar-refractivity contribution in [1.82, 2.24) is 24.5 Å². The molecule has 0 aliphatic heterocycles. The van der Waals surface area contributed by atoms with Gasteiger partial charge in [0.15, 0.2) is 11.0 Å². The van der Waals surface area contributed by atoms with Crippen LogP contribution in [0.1, 0.15) is 37.3 Å². The molecule has 0 unspecified atom stereocenters. The quantitative estimate of drug-likeness (QED) is 0.367. The Bertz CT molecular complexity index is 1160. The average molecular weight is 465 g/mol. The predicted octanol–water partition coefficient (Wildman–Crippen LogP) is 5.10. The molecule has 9 heteroatoms. The van der Waals surface area contributed by atoms with E-state index in [9.17, 15) is 4.79 Å². The number of aromatic nitrogens is 5. The lowest BCUT2D eigenvalue weighted by Gasteiger charge is -2.14. The molecule has 5 rings (SSSR count). The Morgan fingerprint density at radius 3 is 2.72 bits per heavy atom. The molecule has 0 saturated heterocycles. The maximum atomic E-state index is 12.7. The van der Waals surface area contributed by atoms with Crippen LogP contribution in [0.25, 0.3) is 10.7 Å². The first-order valence-electron chi connectivity index (χ1n) is 10.7. The smallest absolute Gasteiger partial charge is 0.235 e. The summed E-state index contributed by atoms with van der Waals surface area (Å²) in [6, 6.07) is 16.5. The molecule has 1 saturated carbocycles. The Labute approximate surface area is 194 Å². The van der Waals surface area contributed by atoms with E-state index in [4.69, 9.17) is 0 Å². The van der Waals surface area contributed by atoms with Gasteiger partial charge < -0.3 is 5.32 Å². The number of carbonyl (C=O) groups excluding carboxylic acids is 1. The zero-order valence-corrected chi connectivity index (χ0v) is 19.2. The van der Waals surface area contributed by atoms with E-state index in [0.29, 0.717) is 12.6 Å². The minimum Gasteiger partial charge on any atom is -0.310 e. The van der Waals surface area contributed by atoms with Crippen LogP contribution in [0.2, 0.25) is 0 Å². The number of thiophene rings is 1. The van der Waals surface area contributed by atoms with E-state index >= 15 is 0 Å². The lowest BCUT2D eigenvalue weighted by molar-refractivity contribution is -0.113. The fourth-order valence-electron chi connectivity index (χ4n) is 4.05. The van der Waals surface area contributed by atoms with Gasteiger partial charge in [0, 0.05) is 6.07 Å². The highest BCUT2D eigenvalue weighted by Crippen LogP contribution is 2.31. The second kappa shape index (κ2) is 9.70.